The van der Waals surface area contributed by atoms with Crippen LogP contribution in [0.3, 0.4) is 0 Å². The van der Waals surface area contributed by atoms with E-state index in [0.717, 1.165) is 11.5 Å². The summed E-state index contributed by atoms with van der Waals surface area (Å²) < 4.78 is 2.10. The van der Waals surface area contributed by atoms with E-state index in [0.29, 0.717) is 5.92 Å². The summed E-state index contributed by atoms with van der Waals surface area (Å²) in [6.45, 7) is 0. The highest BCUT2D eigenvalue weighted by Gasteiger charge is 2.24. The minimum Gasteiger partial charge on any atom is -0.285 e. The first-order chi connectivity index (χ1) is 7.45. The minimum atomic E-state index is 0.618. The van der Waals surface area contributed by atoms with E-state index in [4.69, 9.17) is 0 Å². The van der Waals surface area contributed by atoms with Crippen molar-refractivity contribution in [1.82, 2.24) is 14.8 Å². The Morgan fingerprint density at radius 1 is 1.13 bits per heavy atom. The summed E-state index contributed by atoms with van der Waals surface area (Å²) in [7, 11) is 0. The second-order valence-electron chi connectivity index (χ2n) is 4.02. The van der Waals surface area contributed by atoms with Gasteiger partial charge in [-0.05, 0) is 25.0 Å². The second kappa shape index (κ2) is 3.50. The average Bonchev–Trinajstić information content (AvgIpc) is 2.65. The first-order valence-corrected chi connectivity index (χ1v) is 5.40. The molecule has 15 heavy (non-hydrogen) atoms. The van der Waals surface area contributed by atoms with Crippen molar-refractivity contribution in [3.8, 4) is 5.69 Å². The molecule has 0 aliphatic heterocycles. The van der Waals surface area contributed by atoms with Crippen molar-refractivity contribution in [3.05, 3.63) is 42.5 Å². The Bertz CT molecular complexity index is 443. The van der Waals surface area contributed by atoms with Crippen LogP contribution in [0.25, 0.3) is 5.69 Å². The molecule has 3 rings (SSSR count). The molecule has 1 heterocycles. The molecule has 1 aliphatic rings. The molecule has 76 valence electrons. The van der Waals surface area contributed by atoms with Gasteiger partial charge in [0.2, 0.25) is 0 Å². The first kappa shape index (κ1) is 8.65. The quantitative estimate of drug-likeness (QED) is 0.744. The summed E-state index contributed by atoms with van der Waals surface area (Å²) in [5.41, 5.74) is 1.16. The molecule has 0 atom stereocenters. The maximum absolute atomic E-state index is 4.23. The van der Waals surface area contributed by atoms with Crippen molar-refractivity contribution in [3.63, 3.8) is 0 Å². The summed E-state index contributed by atoms with van der Waals surface area (Å²) >= 11 is 0. The van der Waals surface area contributed by atoms with Gasteiger partial charge in [0.15, 0.2) is 0 Å². The summed E-state index contributed by atoms with van der Waals surface area (Å²) in [5.74, 6) is 1.74. The minimum absolute atomic E-state index is 0.618. The van der Waals surface area contributed by atoms with Gasteiger partial charge in [-0.1, -0.05) is 24.6 Å². The zero-order chi connectivity index (χ0) is 10.1. The van der Waals surface area contributed by atoms with Gasteiger partial charge in [0.1, 0.15) is 12.2 Å². The van der Waals surface area contributed by atoms with Crippen LogP contribution in [0.2, 0.25) is 0 Å². The summed E-state index contributed by atoms with van der Waals surface area (Å²) in [5, 5.41) is 8.24. The Morgan fingerprint density at radius 2 is 1.93 bits per heavy atom. The zero-order valence-electron chi connectivity index (χ0n) is 8.50. The fourth-order valence-electron chi connectivity index (χ4n) is 1.98. The highest BCUT2D eigenvalue weighted by Crippen LogP contribution is 2.35. The Morgan fingerprint density at radius 3 is 2.60 bits per heavy atom. The van der Waals surface area contributed by atoms with Crippen LogP contribution < -0.4 is 0 Å². The van der Waals surface area contributed by atoms with Crippen LogP contribution in [-0.2, 0) is 0 Å². The molecule has 0 radical (unpaired) electrons. The summed E-state index contributed by atoms with van der Waals surface area (Å²) in [6, 6.07) is 10.3. The lowest BCUT2D eigenvalue weighted by atomic mass is 9.85. The zero-order valence-corrected chi connectivity index (χ0v) is 8.50. The molecule has 0 unspecified atom stereocenters. The van der Waals surface area contributed by atoms with Crippen molar-refractivity contribution in [1.29, 1.82) is 0 Å². The highest BCUT2D eigenvalue weighted by molar-refractivity contribution is 5.32. The van der Waals surface area contributed by atoms with E-state index in [1.165, 1.54) is 19.3 Å². The van der Waals surface area contributed by atoms with E-state index in [1.807, 2.05) is 24.5 Å². The van der Waals surface area contributed by atoms with Crippen molar-refractivity contribution in [2.24, 2.45) is 0 Å². The van der Waals surface area contributed by atoms with Crippen molar-refractivity contribution < 1.29 is 0 Å². The van der Waals surface area contributed by atoms with E-state index in [-0.39, 0.29) is 0 Å². The van der Waals surface area contributed by atoms with Gasteiger partial charge in [0.25, 0.3) is 0 Å². The number of rotatable bonds is 2. The molecule has 1 aromatic heterocycles. The number of hydrogen-bond acceptors (Lipinski definition) is 2. The van der Waals surface area contributed by atoms with Crippen LogP contribution in [-0.4, -0.2) is 14.8 Å². The van der Waals surface area contributed by atoms with Gasteiger partial charge in [-0.25, -0.2) is 0 Å². The molecule has 1 fully saturated rings. The van der Waals surface area contributed by atoms with Gasteiger partial charge < -0.3 is 0 Å². The molecule has 1 aliphatic carbocycles. The fraction of sp³-hybridized carbons (Fsp3) is 0.333. The lowest BCUT2D eigenvalue weighted by molar-refractivity contribution is 0.396. The molecule has 1 saturated carbocycles. The molecule has 1 aromatic carbocycles. The van der Waals surface area contributed by atoms with Gasteiger partial charge in [0.05, 0.1) is 0 Å². The van der Waals surface area contributed by atoms with Crippen LogP contribution in [0.1, 0.15) is 31.0 Å². The van der Waals surface area contributed by atoms with Crippen LogP contribution in [0.4, 0.5) is 0 Å². The number of para-hydroxylation sites is 1. The summed E-state index contributed by atoms with van der Waals surface area (Å²) in [4.78, 5) is 0. The predicted octanol–water partition coefficient (Wildman–Crippen LogP) is 2.53. The normalized spacial score (nSPS) is 16.3. The van der Waals surface area contributed by atoms with Gasteiger partial charge in [-0.15, -0.1) is 10.2 Å². The number of aromatic nitrogens is 3. The third-order valence-corrected chi connectivity index (χ3v) is 3.08. The van der Waals surface area contributed by atoms with Gasteiger partial charge in [-0.2, -0.15) is 0 Å². The van der Waals surface area contributed by atoms with Crippen LogP contribution in [0.5, 0.6) is 0 Å². The van der Waals surface area contributed by atoms with Crippen LogP contribution >= 0.6 is 0 Å². The molecule has 3 nitrogen and oxygen atoms in total. The van der Waals surface area contributed by atoms with Gasteiger partial charge >= 0.3 is 0 Å². The van der Waals surface area contributed by atoms with Crippen molar-refractivity contribution in [2.45, 2.75) is 25.2 Å². The lowest BCUT2D eigenvalue weighted by Crippen LogP contribution is -2.14. The molecule has 0 amide bonds. The molecule has 0 saturated heterocycles. The van der Waals surface area contributed by atoms with Crippen LogP contribution in [0, 0.1) is 0 Å². The number of nitrogens with zero attached hydrogens (tertiary/aromatic N) is 3. The van der Waals surface area contributed by atoms with Gasteiger partial charge in [-0.3, -0.25) is 4.57 Å². The third-order valence-electron chi connectivity index (χ3n) is 3.08. The Kier molecular flexibility index (Phi) is 2.02. The average molecular weight is 199 g/mol. The standard InChI is InChI=1S/C12H13N3/c1-2-7-11(8-3-1)15-9-13-14-12(15)10-5-4-6-10/h1-3,7-10H,4-6H2. The van der Waals surface area contributed by atoms with E-state index in [9.17, 15) is 0 Å². The SMILES string of the molecule is c1ccc(-n2cnnc2C2CCC2)cc1. The Balaban J connectivity index is 2.01. The molecular weight excluding hydrogens is 186 g/mol. The maximum Gasteiger partial charge on any atom is 0.140 e. The molecule has 0 N–H and O–H groups in total. The number of benzene rings is 1. The Hall–Kier alpha value is -1.64. The van der Waals surface area contributed by atoms with Gasteiger partial charge in [0, 0.05) is 11.6 Å². The molecular formula is C12H13N3. The summed E-state index contributed by atoms with van der Waals surface area (Å²) in [6.07, 6.45) is 5.65. The van der Waals surface area contributed by atoms with E-state index < -0.39 is 0 Å². The maximum atomic E-state index is 4.23. The van der Waals surface area contributed by atoms with Crippen molar-refractivity contribution >= 4 is 0 Å². The third kappa shape index (κ3) is 1.44. The molecule has 3 heteroatoms. The largest absolute Gasteiger partial charge is 0.285 e. The monoisotopic (exact) mass is 199 g/mol. The van der Waals surface area contributed by atoms with E-state index in [1.54, 1.807) is 0 Å². The topological polar surface area (TPSA) is 30.7 Å². The lowest BCUT2D eigenvalue weighted by Gasteiger charge is -2.24. The smallest absolute Gasteiger partial charge is 0.140 e. The van der Waals surface area contributed by atoms with Crippen molar-refractivity contribution in [2.75, 3.05) is 0 Å². The fourth-order valence-corrected chi connectivity index (χ4v) is 1.98. The van der Waals surface area contributed by atoms with E-state index in [2.05, 4.69) is 26.9 Å². The van der Waals surface area contributed by atoms with Crippen LogP contribution in [0.15, 0.2) is 36.7 Å². The molecule has 2 aromatic rings. The predicted molar refractivity (Wildman–Crippen MR) is 58.0 cm³/mol. The highest BCUT2D eigenvalue weighted by atomic mass is 15.3. The molecule has 0 bridgehead atoms. The Labute approximate surface area is 88.8 Å². The number of hydrogen-bond donors (Lipinski definition) is 0. The molecule has 0 spiro atoms. The van der Waals surface area contributed by atoms with E-state index >= 15 is 0 Å². The second-order valence-corrected chi connectivity index (χ2v) is 4.02. The first-order valence-electron chi connectivity index (χ1n) is 5.40.